The van der Waals surface area contributed by atoms with Gasteiger partial charge in [0.1, 0.15) is 6.61 Å². The number of imidazole rings is 1. The number of benzene rings is 2. The normalized spacial score (nSPS) is 14.8. The predicted octanol–water partition coefficient (Wildman–Crippen LogP) is 5.08. The summed E-state index contributed by atoms with van der Waals surface area (Å²) in [5.41, 5.74) is 3.63. The SMILES string of the molecule is COc1ccccc1OC[C@@H](C)n1cnc(-c2ccccc2)c1C1CC1. The summed E-state index contributed by atoms with van der Waals surface area (Å²) in [6.07, 6.45) is 4.45. The van der Waals surface area contributed by atoms with Gasteiger partial charge in [0.15, 0.2) is 11.5 Å². The minimum atomic E-state index is 0.195. The van der Waals surface area contributed by atoms with Crippen molar-refractivity contribution in [2.45, 2.75) is 31.7 Å². The maximum atomic E-state index is 6.04. The number of nitrogens with zero attached hydrogens (tertiary/aromatic N) is 2. The van der Waals surface area contributed by atoms with Gasteiger partial charge in [-0.15, -0.1) is 0 Å². The molecule has 0 saturated heterocycles. The number of methoxy groups -OCH3 is 1. The summed E-state index contributed by atoms with van der Waals surface area (Å²) in [7, 11) is 1.67. The van der Waals surface area contributed by atoms with E-state index in [1.165, 1.54) is 24.1 Å². The van der Waals surface area contributed by atoms with Crippen LogP contribution in [0.4, 0.5) is 0 Å². The van der Waals surface area contributed by atoms with Crippen LogP contribution in [0.2, 0.25) is 0 Å². The van der Waals surface area contributed by atoms with Gasteiger partial charge in [0.05, 0.1) is 25.2 Å². The molecule has 1 heterocycles. The molecule has 26 heavy (non-hydrogen) atoms. The first-order valence-electron chi connectivity index (χ1n) is 9.16. The Morgan fingerprint density at radius 1 is 1.04 bits per heavy atom. The standard InChI is InChI=1S/C22H24N2O2/c1-16(14-26-20-11-7-6-10-19(20)25-2)24-15-23-21(22(24)18-12-13-18)17-8-4-3-5-9-17/h3-11,15-16,18H,12-14H2,1-2H3/t16-/m1/s1. The van der Waals surface area contributed by atoms with Gasteiger partial charge in [-0.1, -0.05) is 42.5 Å². The van der Waals surface area contributed by atoms with Gasteiger partial charge >= 0.3 is 0 Å². The molecule has 1 fully saturated rings. The molecule has 134 valence electrons. The second-order valence-electron chi connectivity index (χ2n) is 6.84. The summed E-state index contributed by atoms with van der Waals surface area (Å²) in [5, 5.41) is 0. The molecular formula is C22H24N2O2. The minimum Gasteiger partial charge on any atom is -0.493 e. The number of hydrogen-bond acceptors (Lipinski definition) is 3. The Labute approximate surface area is 154 Å². The molecule has 0 radical (unpaired) electrons. The highest BCUT2D eigenvalue weighted by molar-refractivity contribution is 5.63. The molecule has 3 aromatic rings. The Kier molecular flexibility index (Phi) is 4.65. The molecule has 4 nitrogen and oxygen atoms in total. The van der Waals surface area contributed by atoms with Crippen molar-refractivity contribution in [2.24, 2.45) is 0 Å². The van der Waals surface area contributed by atoms with Gasteiger partial charge in [-0.25, -0.2) is 4.98 Å². The largest absolute Gasteiger partial charge is 0.493 e. The molecule has 1 aliphatic rings. The van der Waals surface area contributed by atoms with Gasteiger partial charge in [-0.05, 0) is 31.9 Å². The number of hydrogen-bond donors (Lipinski definition) is 0. The lowest BCUT2D eigenvalue weighted by Crippen LogP contribution is -2.16. The fourth-order valence-corrected chi connectivity index (χ4v) is 3.33. The Balaban J connectivity index is 1.56. The topological polar surface area (TPSA) is 36.3 Å². The molecule has 1 aromatic heterocycles. The summed E-state index contributed by atoms with van der Waals surface area (Å²) in [5.74, 6) is 2.15. The average molecular weight is 348 g/mol. The van der Waals surface area contributed by atoms with Gasteiger partial charge in [0.2, 0.25) is 0 Å². The molecule has 1 aliphatic carbocycles. The summed E-state index contributed by atoms with van der Waals surface area (Å²) in [6.45, 7) is 2.75. The number of rotatable bonds is 7. The Hall–Kier alpha value is -2.75. The molecular weight excluding hydrogens is 324 g/mol. The molecule has 0 amide bonds. The second-order valence-corrected chi connectivity index (χ2v) is 6.84. The molecule has 0 N–H and O–H groups in total. The first kappa shape index (κ1) is 16.7. The summed E-state index contributed by atoms with van der Waals surface area (Å²) >= 11 is 0. The van der Waals surface area contributed by atoms with Crippen molar-refractivity contribution in [2.75, 3.05) is 13.7 Å². The second kappa shape index (κ2) is 7.24. The van der Waals surface area contributed by atoms with Crippen molar-refractivity contribution in [1.82, 2.24) is 9.55 Å². The van der Waals surface area contributed by atoms with Crippen LogP contribution in [0, 0.1) is 0 Å². The Morgan fingerprint density at radius 2 is 1.73 bits per heavy atom. The van der Waals surface area contributed by atoms with Crippen LogP contribution in [0.1, 0.15) is 37.4 Å². The summed E-state index contributed by atoms with van der Waals surface area (Å²) in [4.78, 5) is 4.74. The Bertz CT molecular complexity index is 869. The van der Waals surface area contributed by atoms with Gasteiger partial charge in [0, 0.05) is 17.2 Å². The maximum absolute atomic E-state index is 6.04. The van der Waals surface area contributed by atoms with E-state index in [0.717, 1.165) is 17.2 Å². The van der Waals surface area contributed by atoms with Crippen molar-refractivity contribution >= 4 is 0 Å². The van der Waals surface area contributed by atoms with Crippen molar-refractivity contribution in [3.8, 4) is 22.8 Å². The molecule has 1 saturated carbocycles. The molecule has 0 unspecified atom stereocenters. The zero-order valence-corrected chi connectivity index (χ0v) is 15.3. The van der Waals surface area contributed by atoms with Gasteiger partial charge in [-0.2, -0.15) is 0 Å². The third-order valence-electron chi connectivity index (χ3n) is 4.87. The number of para-hydroxylation sites is 2. The van der Waals surface area contributed by atoms with Crippen molar-refractivity contribution in [3.05, 3.63) is 66.6 Å². The van der Waals surface area contributed by atoms with Gasteiger partial charge < -0.3 is 14.0 Å². The molecule has 4 rings (SSSR count). The molecule has 2 aromatic carbocycles. The van der Waals surface area contributed by atoms with E-state index in [1.54, 1.807) is 7.11 Å². The van der Waals surface area contributed by atoms with Crippen molar-refractivity contribution in [3.63, 3.8) is 0 Å². The minimum absolute atomic E-state index is 0.195. The third kappa shape index (κ3) is 3.32. The smallest absolute Gasteiger partial charge is 0.161 e. The number of ether oxygens (including phenoxy) is 2. The van der Waals surface area contributed by atoms with Crippen molar-refractivity contribution < 1.29 is 9.47 Å². The van der Waals surface area contributed by atoms with E-state index in [0.29, 0.717) is 12.5 Å². The highest BCUT2D eigenvalue weighted by Gasteiger charge is 2.32. The van der Waals surface area contributed by atoms with Crippen LogP contribution in [0.25, 0.3) is 11.3 Å². The van der Waals surface area contributed by atoms with E-state index < -0.39 is 0 Å². The van der Waals surface area contributed by atoms with E-state index in [9.17, 15) is 0 Å². The highest BCUT2D eigenvalue weighted by Crippen LogP contribution is 2.45. The first-order chi connectivity index (χ1) is 12.8. The van der Waals surface area contributed by atoms with Crippen LogP contribution in [0.15, 0.2) is 60.9 Å². The van der Waals surface area contributed by atoms with Crippen LogP contribution in [-0.2, 0) is 0 Å². The third-order valence-corrected chi connectivity index (χ3v) is 4.87. The lowest BCUT2D eigenvalue weighted by molar-refractivity contribution is 0.246. The van der Waals surface area contributed by atoms with Crippen LogP contribution in [0.3, 0.4) is 0 Å². The van der Waals surface area contributed by atoms with E-state index >= 15 is 0 Å². The van der Waals surface area contributed by atoms with Crippen LogP contribution in [0.5, 0.6) is 11.5 Å². The quantitative estimate of drug-likeness (QED) is 0.598. The number of aromatic nitrogens is 2. The van der Waals surface area contributed by atoms with E-state index in [1.807, 2.05) is 36.7 Å². The van der Waals surface area contributed by atoms with Crippen LogP contribution >= 0.6 is 0 Å². The molecule has 0 spiro atoms. The highest BCUT2D eigenvalue weighted by atomic mass is 16.5. The van der Waals surface area contributed by atoms with Crippen LogP contribution < -0.4 is 9.47 Å². The van der Waals surface area contributed by atoms with E-state index in [4.69, 9.17) is 14.5 Å². The fraction of sp³-hybridized carbons (Fsp3) is 0.318. The molecule has 4 heteroatoms. The summed E-state index contributed by atoms with van der Waals surface area (Å²) in [6, 6.07) is 18.4. The van der Waals surface area contributed by atoms with Gasteiger partial charge in [-0.3, -0.25) is 0 Å². The van der Waals surface area contributed by atoms with Gasteiger partial charge in [0.25, 0.3) is 0 Å². The molecule has 1 atom stereocenters. The van der Waals surface area contributed by atoms with E-state index in [-0.39, 0.29) is 6.04 Å². The van der Waals surface area contributed by atoms with E-state index in [2.05, 4.69) is 35.8 Å². The average Bonchev–Trinajstić information content (AvgIpc) is 3.44. The summed E-state index contributed by atoms with van der Waals surface area (Å²) < 4.78 is 13.7. The zero-order chi connectivity index (χ0) is 17.9. The zero-order valence-electron chi connectivity index (χ0n) is 15.3. The Morgan fingerprint density at radius 3 is 2.42 bits per heavy atom. The monoisotopic (exact) mass is 348 g/mol. The molecule has 0 aliphatic heterocycles. The maximum Gasteiger partial charge on any atom is 0.161 e. The predicted molar refractivity (Wildman–Crippen MR) is 103 cm³/mol. The van der Waals surface area contributed by atoms with Crippen LogP contribution in [-0.4, -0.2) is 23.3 Å². The van der Waals surface area contributed by atoms with Crippen molar-refractivity contribution in [1.29, 1.82) is 0 Å². The first-order valence-corrected chi connectivity index (χ1v) is 9.16. The molecule has 0 bridgehead atoms. The lowest BCUT2D eigenvalue weighted by Gasteiger charge is -2.19. The lowest BCUT2D eigenvalue weighted by atomic mass is 10.1. The fourth-order valence-electron chi connectivity index (χ4n) is 3.33.